The molecule has 21 heavy (non-hydrogen) atoms. The molecule has 6 heteroatoms. The third kappa shape index (κ3) is 3.55. The first-order valence-electron chi connectivity index (χ1n) is 7.94. The smallest absolute Gasteiger partial charge is 0.248 e. The lowest BCUT2D eigenvalue weighted by molar-refractivity contribution is -0.145. The van der Waals surface area contributed by atoms with Gasteiger partial charge in [0, 0.05) is 33.3 Å². The zero-order valence-corrected chi connectivity index (χ0v) is 13.2. The number of carbonyl (C=O) groups excluding carboxylic acids is 2. The van der Waals surface area contributed by atoms with E-state index in [2.05, 4.69) is 12.2 Å². The summed E-state index contributed by atoms with van der Waals surface area (Å²) >= 11 is 0. The van der Waals surface area contributed by atoms with Crippen molar-refractivity contribution < 1.29 is 14.3 Å². The molecular formula is C15H27N3O3. The summed E-state index contributed by atoms with van der Waals surface area (Å²) in [4.78, 5) is 28.3. The molecule has 0 bridgehead atoms. The van der Waals surface area contributed by atoms with E-state index in [1.165, 1.54) is 7.11 Å². The number of hydrogen-bond donors (Lipinski definition) is 1. The highest BCUT2D eigenvalue weighted by atomic mass is 16.5. The van der Waals surface area contributed by atoms with E-state index >= 15 is 0 Å². The standard InChI is InChI=1S/C15H27N3O3/c1-3-5-15(6-4-7-16-15)14(20)18-10-8-17(9-11-18)13(19)12-21-2/h16H,3-12H2,1-2H3. The molecule has 2 rings (SSSR count). The summed E-state index contributed by atoms with van der Waals surface area (Å²) in [5, 5.41) is 3.43. The lowest BCUT2D eigenvalue weighted by Gasteiger charge is -2.39. The zero-order chi connectivity index (χ0) is 15.3. The summed E-state index contributed by atoms with van der Waals surface area (Å²) < 4.78 is 4.88. The van der Waals surface area contributed by atoms with Gasteiger partial charge < -0.3 is 19.9 Å². The minimum Gasteiger partial charge on any atom is -0.375 e. The van der Waals surface area contributed by atoms with Gasteiger partial charge in [-0.1, -0.05) is 13.3 Å². The van der Waals surface area contributed by atoms with E-state index in [4.69, 9.17) is 4.74 Å². The van der Waals surface area contributed by atoms with Gasteiger partial charge in [-0.2, -0.15) is 0 Å². The first kappa shape index (κ1) is 16.2. The Labute approximate surface area is 126 Å². The van der Waals surface area contributed by atoms with Crippen molar-refractivity contribution in [3.8, 4) is 0 Å². The van der Waals surface area contributed by atoms with E-state index in [-0.39, 0.29) is 24.0 Å². The molecule has 2 aliphatic heterocycles. The van der Waals surface area contributed by atoms with Crippen LogP contribution in [0, 0.1) is 0 Å². The normalized spacial score (nSPS) is 26.2. The van der Waals surface area contributed by atoms with E-state index < -0.39 is 0 Å². The Kier molecular flexibility index (Phi) is 5.58. The minimum absolute atomic E-state index is 0.00635. The van der Waals surface area contributed by atoms with Gasteiger partial charge in [-0.25, -0.2) is 0 Å². The Morgan fingerprint density at radius 2 is 1.86 bits per heavy atom. The van der Waals surface area contributed by atoms with E-state index in [1.807, 2.05) is 4.90 Å². The number of rotatable bonds is 5. The SMILES string of the molecule is CCCC1(C(=O)N2CCN(C(=O)COC)CC2)CCCN1. The second-order valence-corrected chi connectivity index (χ2v) is 5.97. The number of carbonyl (C=O) groups is 2. The van der Waals surface area contributed by atoms with E-state index in [9.17, 15) is 9.59 Å². The molecule has 2 saturated heterocycles. The van der Waals surface area contributed by atoms with Crippen LogP contribution in [0.25, 0.3) is 0 Å². The van der Waals surface area contributed by atoms with E-state index in [1.54, 1.807) is 4.90 Å². The van der Waals surface area contributed by atoms with Crippen LogP contribution in [-0.4, -0.2) is 73.6 Å². The molecule has 0 radical (unpaired) electrons. The topological polar surface area (TPSA) is 61.9 Å². The summed E-state index contributed by atoms with van der Waals surface area (Å²) in [7, 11) is 1.53. The molecule has 1 atom stereocenters. The van der Waals surface area contributed by atoms with Crippen LogP contribution in [0.5, 0.6) is 0 Å². The van der Waals surface area contributed by atoms with Gasteiger partial charge in [-0.3, -0.25) is 9.59 Å². The van der Waals surface area contributed by atoms with Crippen molar-refractivity contribution in [3.05, 3.63) is 0 Å². The first-order chi connectivity index (χ1) is 10.1. The van der Waals surface area contributed by atoms with Crippen molar-refractivity contribution in [1.82, 2.24) is 15.1 Å². The molecule has 1 N–H and O–H groups in total. The molecular weight excluding hydrogens is 270 g/mol. The Morgan fingerprint density at radius 3 is 2.38 bits per heavy atom. The second kappa shape index (κ2) is 7.22. The maximum atomic E-state index is 12.8. The summed E-state index contributed by atoms with van der Waals surface area (Å²) in [6, 6.07) is 0. The highest BCUT2D eigenvalue weighted by Crippen LogP contribution is 2.27. The fourth-order valence-electron chi connectivity index (χ4n) is 3.41. The van der Waals surface area contributed by atoms with Crippen LogP contribution < -0.4 is 5.32 Å². The van der Waals surface area contributed by atoms with Gasteiger partial charge in [0.25, 0.3) is 0 Å². The van der Waals surface area contributed by atoms with E-state index in [0.717, 1.165) is 32.2 Å². The van der Waals surface area contributed by atoms with E-state index in [0.29, 0.717) is 26.2 Å². The maximum absolute atomic E-state index is 12.8. The maximum Gasteiger partial charge on any atom is 0.248 e. The molecule has 0 spiro atoms. The molecule has 0 aliphatic carbocycles. The third-order valence-corrected chi connectivity index (χ3v) is 4.52. The van der Waals surface area contributed by atoms with Gasteiger partial charge in [-0.15, -0.1) is 0 Å². The van der Waals surface area contributed by atoms with Crippen LogP contribution in [0.15, 0.2) is 0 Å². The average Bonchev–Trinajstić information content (AvgIpc) is 2.97. The average molecular weight is 297 g/mol. The zero-order valence-electron chi connectivity index (χ0n) is 13.2. The number of methoxy groups -OCH3 is 1. The van der Waals surface area contributed by atoms with Gasteiger partial charge >= 0.3 is 0 Å². The number of nitrogens with zero attached hydrogens (tertiary/aromatic N) is 2. The number of amides is 2. The molecule has 120 valence electrons. The van der Waals surface area contributed by atoms with Gasteiger partial charge in [0.2, 0.25) is 11.8 Å². The van der Waals surface area contributed by atoms with Crippen molar-refractivity contribution in [2.45, 2.75) is 38.1 Å². The monoisotopic (exact) mass is 297 g/mol. The molecule has 2 heterocycles. The van der Waals surface area contributed by atoms with Crippen LogP contribution in [0.1, 0.15) is 32.6 Å². The molecule has 6 nitrogen and oxygen atoms in total. The number of hydrogen-bond acceptors (Lipinski definition) is 4. The predicted octanol–water partition coefficient (Wildman–Crippen LogP) is 0.226. The van der Waals surface area contributed by atoms with Crippen molar-refractivity contribution in [2.24, 2.45) is 0 Å². The Bertz CT molecular complexity index is 372. The summed E-state index contributed by atoms with van der Waals surface area (Å²) in [6.45, 7) is 5.64. The summed E-state index contributed by atoms with van der Waals surface area (Å²) in [5.41, 5.74) is -0.354. The number of piperazine rings is 1. The fraction of sp³-hybridized carbons (Fsp3) is 0.867. The molecule has 2 fully saturated rings. The third-order valence-electron chi connectivity index (χ3n) is 4.52. The number of nitrogens with one attached hydrogen (secondary N) is 1. The highest BCUT2D eigenvalue weighted by Gasteiger charge is 2.43. The predicted molar refractivity (Wildman–Crippen MR) is 79.9 cm³/mol. The summed E-state index contributed by atoms with van der Waals surface area (Å²) in [6.07, 6.45) is 3.90. The highest BCUT2D eigenvalue weighted by molar-refractivity contribution is 5.87. The molecule has 0 aromatic heterocycles. The van der Waals surface area contributed by atoms with Crippen LogP contribution in [-0.2, 0) is 14.3 Å². The Balaban J connectivity index is 1.92. The van der Waals surface area contributed by atoms with Crippen LogP contribution in [0.3, 0.4) is 0 Å². The van der Waals surface area contributed by atoms with Crippen molar-refractivity contribution in [3.63, 3.8) is 0 Å². The van der Waals surface area contributed by atoms with Crippen molar-refractivity contribution >= 4 is 11.8 Å². The molecule has 0 aromatic carbocycles. The van der Waals surface area contributed by atoms with Gasteiger partial charge in [-0.05, 0) is 25.8 Å². The lowest BCUT2D eigenvalue weighted by Crippen LogP contribution is -2.60. The number of ether oxygens (including phenoxy) is 1. The van der Waals surface area contributed by atoms with Crippen LogP contribution in [0.4, 0.5) is 0 Å². The largest absolute Gasteiger partial charge is 0.375 e. The van der Waals surface area contributed by atoms with Crippen LogP contribution in [0.2, 0.25) is 0 Å². The van der Waals surface area contributed by atoms with Gasteiger partial charge in [0.1, 0.15) is 6.61 Å². The fourth-order valence-corrected chi connectivity index (χ4v) is 3.41. The first-order valence-corrected chi connectivity index (χ1v) is 7.94. The molecule has 1 unspecified atom stereocenters. The minimum atomic E-state index is -0.354. The van der Waals surface area contributed by atoms with Gasteiger partial charge in [0.05, 0.1) is 5.54 Å². The quantitative estimate of drug-likeness (QED) is 0.789. The molecule has 2 aliphatic rings. The van der Waals surface area contributed by atoms with Crippen molar-refractivity contribution in [1.29, 1.82) is 0 Å². The molecule has 0 saturated carbocycles. The summed E-state index contributed by atoms with van der Waals surface area (Å²) in [5.74, 6) is 0.229. The Hall–Kier alpha value is -1.14. The molecule has 2 amide bonds. The second-order valence-electron chi connectivity index (χ2n) is 5.97. The lowest BCUT2D eigenvalue weighted by atomic mass is 9.90. The molecule has 0 aromatic rings. The van der Waals surface area contributed by atoms with Crippen LogP contribution >= 0.6 is 0 Å². The van der Waals surface area contributed by atoms with Gasteiger partial charge in [0.15, 0.2) is 0 Å². The Morgan fingerprint density at radius 1 is 1.19 bits per heavy atom. The van der Waals surface area contributed by atoms with Crippen molar-refractivity contribution in [2.75, 3.05) is 46.4 Å².